The van der Waals surface area contributed by atoms with Crippen LogP contribution in [-0.2, 0) is 0 Å². The van der Waals surface area contributed by atoms with Gasteiger partial charge in [0, 0.05) is 17.7 Å². The Morgan fingerprint density at radius 3 is 2.26 bits per heavy atom. The molecule has 0 aliphatic rings. The van der Waals surface area contributed by atoms with Crippen LogP contribution in [0, 0.1) is 0 Å². The second-order valence-corrected chi connectivity index (χ2v) is 4.66. The minimum absolute atomic E-state index is 0.0801. The van der Waals surface area contributed by atoms with Gasteiger partial charge in [-0.15, -0.1) is 0 Å². The molecule has 1 aromatic heterocycles. The van der Waals surface area contributed by atoms with Crippen molar-refractivity contribution in [3.05, 3.63) is 74.8 Å². The maximum Gasteiger partial charge on any atom is 0.197 e. The molecule has 0 amide bonds. The molecule has 0 saturated carbocycles. The summed E-state index contributed by atoms with van der Waals surface area (Å²) in [7, 11) is 0. The van der Waals surface area contributed by atoms with E-state index in [2.05, 4.69) is 13.2 Å². The molecule has 0 radical (unpaired) electrons. The van der Waals surface area contributed by atoms with Crippen molar-refractivity contribution < 1.29 is 24.8 Å². The number of rotatable bonds is 4. The van der Waals surface area contributed by atoms with E-state index in [1.807, 2.05) is 0 Å². The van der Waals surface area contributed by atoms with E-state index >= 15 is 0 Å². The molecule has 0 fully saturated rings. The highest BCUT2D eigenvalue weighted by Crippen LogP contribution is 2.15. The quantitative estimate of drug-likeness (QED) is 0.500. The third-order valence-electron chi connectivity index (χ3n) is 2.81. The van der Waals surface area contributed by atoms with Crippen molar-refractivity contribution >= 4 is 17.9 Å². The van der Waals surface area contributed by atoms with Gasteiger partial charge in [0.2, 0.25) is 0 Å². The maximum atomic E-state index is 12.2. The molecule has 4 N–H and O–H groups in total. The molecule has 0 aliphatic carbocycles. The van der Waals surface area contributed by atoms with Crippen LogP contribution in [0.3, 0.4) is 0 Å². The Morgan fingerprint density at radius 2 is 1.83 bits per heavy atom. The highest BCUT2D eigenvalue weighted by Gasteiger charge is 2.09. The molecule has 0 aliphatic heterocycles. The lowest BCUT2D eigenvalue weighted by Gasteiger charge is -2.03. The second-order valence-electron chi connectivity index (χ2n) is 4.66. The summed E-state index contributed by atoms with van der Waals surface area (Å²) in [4.78, 5) is 12.2. The Morgan fingerprint density at radius 1 is 1.22 bits per heavy atom. The third-order valence-corrected chi connectivity index (χ3v) is 2.81. The van der Waals surface area contributed by atoms with Crippen LogP contribution in [0.2, 0.25) is 0 Å². The first-order chi connectivity index (χ1) is 10.7. The van der Waals surface area contributed by atoms with Crippen LogP contribution in [0.5, 0.6) is 0 Å². The van der Waals surface area contributed by atoms with Crippen LogP contribution in [0.1, 0.15) is 19.6 Å². The highest BCUT2D eigenvalue weighted by molar-refractivity contribution is 5.71. The van der Waals surface area contributed by atoms with Crippen molar-refractivity contribution in [3.8, 4) is 0 Å². The number of allylic oxidation sites excluding steroid dienone is 4. The second kappa shape index (κ2) is 7.22. The molecule has 6 nitrogen and oxygen atoms in total. The van der Waals surface area contributed by atoms with E-state index in [4.69, 9.17) is 14.6 Å². The molecule has 23 heavy (non-hydrogen) atoms. The summed E-state index contributed by atoms with van der Waals surface area (Å²) in [6, 6.07) is 1.10. The van der Waals surface area contributed by atoms with Crippen LogP contribution in [0.15, 0.2) is 57.4 Å². The molecule has 6 heteroatoms. The van der Waals surface area contributed by atoms with Gasteiger partial charge in [0.05, 0.1) is 5.76 Å². The van der Waals surface area contributed by atoms with Crippen LogP contribution in [-0.4, -0.2) is 20.4 Å². The smallest absolute Gasteiger partial charge is 0.197 e. The average Bonchev–Trinajstić information content (AvgIpc) is 2.42. The zero-order valence-electron chi connectivity index (χ0n) is 12.8. The van der Waals surface area contributed by atoms with Crippen molar-refractivity contribution in [2.24, 2.45) is 0 Å². The summed E-state index contributed by atoms with van der Waals surface area (Å²) in [6.45, 7) is 9.71. The lowest BCUT2D eigenvalue weighted by Crippen LogP contribution is -2.39. The number of aliphatic hydroxyl groups is 4. The summed E-state index contributed by atoms with van der Waals surface area (Å²) >= 11 is 0. The predicted molar refractivity (Wildman–Crippen MR) is 88.3 cm³/mol. The predicted octanol–water partition coefficient (Wildman–Crippen LogP) is 2.09. The molecule has 0 bridgehead atoms. The molecule has 1 rings (SSSR count). The fourth-order valence-corrected chi connectivity index (χ4v) is 1.75. The van der Waals surface area contributed by atoms with Crippen molar-refractivity contribution in [3.63, 3.8) is 0 Å². The number of hydrogen-bond donors (Lipinski definition) is 4. The molecule has 1 heterocycles. The first-order valence-electron chi connectivity index (χ1n) is 6.56. The molecule has 0 aromatic carbocycles. The summed E-state index contributed by atoms with van der Waals surface area (Å²) in [5, 5.41) is 37.4. The SMILES string of the molecule is C=C(O)/C(O)=C\C(=C/C)c1cc(=O)/c(=C(O)/C=C(\C)O)c(=C)o1. The van der Waals surface area contributed by atoms with Gasteiger partial charge >= 0.3 is 0 Å². The lowest BCUT2D eigenvalue weighted by atomic mass is 10.1. The standard InChI is InChI=1S/C17H18O6/c1-5-12(7-13(20)10(3)19)16-8-15(22)17(11(4)23-16)14(21)6-9(2)18/h5-8,18-21H,3-4H2,1-2H3/b9-6+,12-5+,13-7+,17-14-. The van der Waals surface area contributed by atoms with E-state index in [-0.39, 0.29) is 22.2 Å². The Kier molecular flexibility index (Phi) is 5.62. The summed E-state index contributed by atoms with van der Waals surface area (Å²) in [6.07, 6.45) is 3.71. The number of hydrogen-bond acceptors (Lipinski definition) is 6. The Labute approximate surface area is 132 Å². The highest BCUT2D eigenvalue weighted by atomic mass is 16.3. The molecule has 0 unspecified atom stereocenters. The van der Waals surface area contributed by atoms with Crippen LogP contribution < -0.4 is 16.1 Å². The number of aliphatic hydroxyl groups excluding tert-OH is 4. The summed E-state index contributed by atoms with van der Waals surface area (Å²) < 4.78 is 5.39. The molecule has 1 aromatic rings. The van der Waals surface area contributed by atoms with Crippen molar-refractivity contribution in [2.75, 3.05) is 0 Å². The average molecular weight is 318 g/mol. The first kappa shape index (κ1) is 17.9. The first-order valence-corrected chi connectivity index (χ1v) is 6.56. The van der Waals surface area contributed by atoms with Gasteiger partial charge in [0.15, 0.2) is 11.2 Å². The maximum absolute atomic E-state index is 12.2. The fourth-order valence-electron chi connectivity index (χ4n) is 1.75. The van der Waals surface area contributed by atoms with Crippen molar-refractivity contribution in [1.82, 2.24) is 0 Å². The minimum atomic E-state index is -0.582. The largest absolute Gasteiger partial charge is 0.512 e. The Balaban J connectivity index is 3.61. The van der Waals surface area contributed by atoms with Gasteiger partial charge in [-0.2, -0.15) is 0 Å². The van der Waals surface area contributed by atoms with Crippen molar-refractivity contribution in [1.29, 1.82) is 0 Å². The monoisotopic (exact) mass is 318 g/mol. The minimum Gasteiger partial charge on any atom is -0.512 e. The van der Waals surface area contributed by atoms with Crippen LogP contribution >= 0.6 is 0 Å². The molecule has 0 atom stereocenters. The van der Waals surface area contributed by atoms with E-state index in [9.17, 15) is 15.0 Å². The molecule has 0 saturated heterocycles. The Bertz CT molecular complexity index is 842. The summed E-state index contributed by atoms with van der Waals surface area (Å²) in [5.41, 5.74) is -0.390. The van der Waals surface area contributed by atoms with Crippen LogP contribution in [0.25, 0.3) is 17.9 Å². The lowest BCUT2D eigenvalue weighted by molar-refractivity contribution is 0.329. The van der Waals surface area contributed by atoms with E-state index < -0.39 is 22.7 Å². The van der Waals surface area contributed by atoms with Gasteiger partial charge in [-0.25, -0.2) is 0 Å². The van der Waals surface area contributed by atoms with Gasteiger partial charge in [-0.1, -0.05) is 19.2 Å². The van der Waals surface area contributed by atoms with Gasteiger partial charge < -0.3 is 24.8 Å². The normalized spacial score (nSPS) is 14.6. The molecule has 0 spiro atoms. The molecule has 122 valence electrons. The molecular weight excluding hydrogens is 300 g/mol. The Hall–Kier alpha value is -3.15. The van der Waals surface area contributed by atoms with Gasteiger partial charge in [0.1, 0.15) is 27.9 Å². The van der Waals surface area contributed by atoms with Crippen molar-refractivity contribution in [2.45, 2.75) is 13.8 Å². The van der Waals surface area contributed by atoms with Gasteiger partial charge in [-0.05, 0) is 19.9 Å². The topological polar surface area (TPSA) is 111 Å². The van der Waals surface area contributed by atoms with E-state index in [0.717, 1.165) is 12.1 Å². The van der Waals surface area contributed by atoms with E-state index in [1.54, 1.807) is 6.92 Å². The van der Waals surface area contributed by atoms with Gasteiger partial charge in [-0.3, -0.25) is 4.79 Å². The third kappa shape index (κ3) is 4.41. The van der Waals surface area contributed by atoms with Gasteiger partial charge in [0.25, 0.3) is 0 Å². The zero-order valence-corrected chi connectivity index (χ0v) is 12.8. The molecular formula is C17H18O6. The van der Waals surface area contributed by atoms with E-state index in [1.165, 1.54) is 19.1 Å². The fraction of sp³-hybridized carbons (Fsp3) is 0.118. The summed E-state index contributed by atoms with van der Waals surface area (Å²) in [5.74, 6) is -1.60. The van der Waals surface area contributed by atoms with Crippen LogP contribution in [0.4, 0.5) is 0 Å². The van der Waals surface area contributed by atoms with E-state index in [0.29, 0.717) is 5.57 Å². The zero-order chi connectivity index (χ0) is 17.7.